The van der Waals surface area contributed by atoms with Crippen molar-refractivity contribution in [3.05, 3.63) is 41.5 Å². The van der Waals surface area contributed by atoms with E-state index in [9.17, 15) is 4.79 Å². The summed E-state index contributed by atoms with van der Waals surface area (Å²) < 4.78 is 0. The molecule has 1 aromatic rings. The van der Waals surface area contributed by atoms with Crippen molar-refractivity contribution in [3.8, 4) is 0 Å². The summed E-state index contributed by atoms with van der Waals surface area (Å²) in [5.41, 5.74) is 2.96. The highest BCUT2D eigenvalue weighted by Gasteiger charge is 2.17. The molecule has 86 valence electrons. The monoisotopic (exact) mass is 218 g/mol. The summed E-state index contributed by atoms with van der Waals surface area (Å²) in [6.45, 7) is 11.8. The molecule has 1 N–H and O–H groups in total. The Morgan fingerprint density at radius 2 is 1.88 bits per heavy atom. The van der Waals surface area contributed by atoms with E-state index < -0.39 is 5.97 Å². The summed E-state index contributed by atoms with van der Waals surface area (Å²) in [4.78, 5) is 10.9. The minimum atomic E-state index is -0.964. The molecule has 0 amide bonds. The molecule has 0 aromatic heterocycles. The van der Waals surface area contributed by atoms with Crippen molar-refractivity contribution in [2.75, 3.05) is 0 Å². The van der Waals surface area contributed by atoms with Crippen LogP contribution in [-0.2, 0) is 10.2 Å². The van der Waals surface area contributed by atoms with Crippen LogP contribution in [0.1, 0.15) is 37.5 Å². The fraction of sp³-hybridized carbons (Fsp3) is 0.357. The van der Waals surface area contributed by atoms with Crippen LogP contribution in [0.25, 0.3) is 5.57 Å². The van der Waals surface area contributed by atoms with Gasteiger partial charge in [0.2, 0.25) is 0 Å². The van der Waals surface area contributed by atoms with Gasteiger partial charge in [0.25, 0.3) is 0 Å². The first-order valence-electron chi connectivity index (χ1n) is 5.27. The fourth-order valence-corrected chi connectivity index (χ4v) is 1.53. The predicted molar refractivity (Wildman–Crippen MR) is 66.5 cm³/mol. The Kier molecular flexibility index (Phi) is 3.22. The lowest BCUT2D eigenvalue weighted by molar-refractivity contribution is -0.130. The summed E-state index contributed by atoms with van der Waals surface area (Å²) in [5, 5.41) is 8.95. The van der Waals surface area contributed by atoms with E-state index in [0.717, 1.165) is 16.7 Å². The second-order valence-electron chi connectivity index (χ2n) is 5.06. The molecule has 0 spiro atoms. The van der Waals surface area contributed by atoms with Crippen molar-refractivity contribution in [2.24, 2.45) is 0 Å². The van der Waals surface area contributed by atoms with Crippen molar-refractivity contribution in [1.82, 2.24) is 0 Å². The largest absolute Gasteiger partial charge is 0.478 e. The zero-order chi connectivity index (χ0) is 12.5. The quantitative estimate of drug-likeness (QED) is 0.772. The molecule has 2 nitrogen and oxygen atoms in total. The van der Waals surface area contributed by atoms with Crippen LogP contribution in [0.5, 0.6) is 0 Å². The zero-order valence-corrected chi connectivity index (χ0v) is 10.3. The van der Waals surface area contributed by atoms with E-state index in [1.807, 2.05) is 25.1 Å². The van der Waals surface area contributed by atoms with E-state index in [-0.39, 0.29) is 11.0 Å². The Morgan fingerprint density at radius 3 is 2.31 bits per heavy atom. The molecule has 0 bridgehead atoms. The van der Waals surface area contributed by atoms with Gasteiger partial charge in [-0.05, 0) is 29.0 Å². The number of carbonyl (C=O) groups is 1. The smallest absolute Gasteiger partial charge is 0.335 e. The minimum Gasteiger partial charge on any atom is -0.478 e. The van der Waals surface area contributed by atoms with Gasteiger partial charge in [0.15, 0.2) is 0 Å². The summed E-state index contributed by atoms with van der Waals surface area (Å²) in [5.74, 6) is -0.964. The number of benzene rings is 1. The maximum absolute atomic E-state index is 10.9. The summed E-state index contributed by atoms with van der Waals surface area (Å²) in [6.07, 6.45) is 0. The fourth-order valence-electron chi connectivity index (χ4n) is 1.53. The standard InChI is InChI=1S/C14H18O2/c1-9-6-7-11(14(3,4)5)8-12(9)10(2)13(15)16/h6-8H,2H2,1,3-5H3,(H,15,16). The van der Waals surface area contributed by atoms with Crippen LogP contribution in [0.15, 0.2) is 24.8 Å². The van der Waals surface area contributed by atoms with Gasteiger partial charge >= 0.3 is 5.97 Å². The third-order valence-corrected chi connectivity index (χ3v) is 2.69. The van der Waals surface area contributed by atoms with E-state index in [1.165, 1.54) is 0 Å². The second kappa shape index (κ2) is 4.12. The average molecular weight is 218 g/mol. The zero-order valence-electron chi connectivity index (χ0n) is 10.3. The lowest BCUT2D eigenvalue weighted by Crippen LogP contribution is -2.12. The Hall–Kier alpha value is -1.57. The molecule has 1 rings (SSSR count). The lowest BCUT2D eigenvalue weighted by Gasteiger charge is -2.20. The Bertz CT molecular complexity index is 437. The van der Waals surface area contributed by atoms with Gasteiger partial charge in [-0.1, -0.05) is 45.5 Å². The Balaban J connectivity index is 3.30. The van der Waals surface area contributed by atoms with Crippen LogP contribution in [0.2, 0.25) is 0 Å². The van der Waals surface area contributed by atoms with Gasteiger partial charge < -0.3 is 5.11 Å². The number of rotatable bonds is 2. The molecule has 0 unspecified atom stereocenters. The van der Waals surface area contributed by atoms with Crippen LogP contribution >= 0.6 is 0 Å². The third-order valence-electron chi connectivity index (χ3n) is 2.69. The first-order valence-corrected chi connectivity index (χ1v) is 5.27. The van der Waals surface area contributed by atoms with Crippen LogP contribution in [0.4, 0.5) is 0 Å². The van der Waals surface area contributed by atoms with Gasteiger partial charge in [-0.2, -0.15) is 0 Å². The van der Waals surface area contributed by atoms with Gasteiger partial charge in [-0.25, -0.2) is 4.79 Å². The van der Waals surface area contributed by atoms with Crippen molar-refractivity contribution in [3.63, 3.8) is 0 Å². The number of aryl methyl sites for hydroxylation is 1. The average Bonchev–Trinajstić information content (AvgIpc) is 2.15. The first kappa shape index (κ1) is 12.5. The number of carboxylic acids is 1. The van der Waals surface area contributed by atoms with Crippen molar-refractivity contribution >= 4 is 11.5 Å². The molecule has 16 heavy (non-hydrogen) atoms. The Labute approximate surface area is 96.6 Å². The number of aliphatic carboxylic acids is 1. The number of hydrogen-bond donors (Lipinski definition) is 1. The molecule has 0 heterocycles. The highest BCUT2D eigenvalue weighted by molar-refractivity contribution is 6.14. The maximum atomic E-state index is 10.9. The van der Waals surface area contributed by atoms with Crippen LogP contribution in [0.3, 0.4) is 0 Å². The predicted octanol–water partition coefficient (Wildman–Crippen LogP) is 3.39. The minimum absolute atomic E-state index is 0.0151. The SMILES string of the molecule is C=C(C(=O)O)c1cc(C(C)(C)C)ccc1C. The Morgan fingerprint density at radius 1 is 1.31 bits per heavy atom. The van der Waals surface area contributed by atoms with E-state index in [2.05, 4.69) is 27.4 Å². The maximum Gasteiger partial charge on any atom is 0.335 e. The topological polar surface area (TPSA) is 37.3 Å². The summed E-state index contributed by atoms with van der Waals surface area (Å²) >= 11 is 0. The normalized spacial score (nSPS) is 11.2. The number of hydrogen-bond acceptors (Lipinski definition) is 1. The van der Waals surface area contributed by atoms with Crippen molar-refractivity contribution < 1.29 is 9.90 Å². The van der Waals surface area contributed by atoms with E-state index in [4.69, 9.17) is 5.11 Å². The molecule has 0 atom stereocenters. The molecule has 2 heteroatoms. The first-order chi connectivity index (χ1) is 7.23. The van der Waals surface area contributed by atoms with Gasteiger partial charge in [0.1, 0.15) is 0 Å². The molecule has 0 aliphatic carbocycles. The molecule has 0 aliphatic heterocycles. The van der Waals surface area contributed by atoms with Crippen LogP contribution in [-0.4, -0.2) is 11.1 Å². The van der Waals surface area contributed by atoms with Gasteiger partial charge in [0, 0.05) is 0 Å². The molecule has 0 saturated heterocycles. The highest BCUT2D eigenvalue weighted by atomic mass is 16.4. The van der Waals surface area contributed by atoms with Crippen molar-refractivity contribution in [1.29, 1.82) is 0 Å². The highest BCUT2D eigenvalue weighted by Crippen LogP contribution is 2.27. The molecule has 1 aromatic carbocycles. The summed E-state index contributed by atoms with van der Waals surface area (Å²) in [7, 11) is 0. The number of carboxylic acid groups (broad SMARTS) is 1. The van der Waals surface area contributed by atoms with Gasteiger partial charge in [0.05, 0.1) is 5.57 Å². The summed E-state index contributed by atoms with van der Waals surface area (Å²) in [6, 6.07) is 5.91. The molecule has 0 radical (unpaired) electrons. The van der Waals surface area contributed by atoms with E-state index in [0.29, 0.717) is 0 Å². The lowest BCUT2D eigenvalue weighted by atomic mass is 9.84. The van der Waals surface area contributed by atoms with Crippen molar-refractivity contribution in [2.45, 2.75) is 33.1 Å². The van der Waals surface area contributed by atoms with Crippen LogP contribution < -0.4 is 0 Å². The molecular formula is C14H18O2. The molecule has 0 fully saturated rings. The molecule has 0 aliphatic rings. The third kappa shape index (κ3) is 2.51. The molecular weight excluding hydrogens is 200 g/mol. The van der Waals surface area contributed by atoms with Gasteiger partial charge in [-0.15, -0.1) is 0 Å². The van der Waals surface area contributed by atoms with E-state index in [1.54, 1.807) is 0 Å². The second-order valence-corrected chi connectivity index (χ2v) is 5.06. The van der Waals surface area contributed by atoms with Crippen LogP contribution in [0, 0.1) is 6.92 Å². The molecule has 0 saturated carbocycles. The van der Waals surface area contributed by atoms with Gasteiger partial charge in [-0.3, -0.25) is 0 Å². The van der Waals surface area contributed by atoms with E-state index >= 15 is 0 Å².